The van der Waals surface area contributed by atoms with E-state index in [2.05, 4.69) is 5.32 Å². The molecule has 3 aromatic carbocycles. The number of carbonyl (C=O) groups is 2. The Bertz CT molecular complexity index is 1240. The number of hydrogen-bond donors (Lipinski definition) is 1. The van der Waals surface area contributed by atoms with Crippen LogP contribution in [0.2, 0.25) is 0 Å². The van der Waals surface area contributed by atoms with E-state index in [1.807, 2.05) is 49.4 Å². The first-order chi connectivity index (χ1) is 17.0. The Kier molecular flexibility index (Phi) is 7.35. The highest BCUT2D eigenvalue weighted by molar-refractivity contribution is 6.04. The molecule has 35 heavy (non-hydrogen) atoms. The highest BCUT2D eigenvalue weighted by Gasteiger charge is 2.31. The van der Waals surface area contributed by atoms with E-state index in [-0.39, 0.29) is 11.8 Å². The molecular weight excluding hydrogens is 444 g/mol. The second-order valence-electron chi connectivity index (χ2n) is 8.02. The number of carbonyl (C=O) groups excluding carboxylic acids is 2. The van der Waals surface area contributed by atoms with Crippen molar-refractivity contribution in [1.29, 1.82) is 0 Å². The van der Waals surface area contributed by atoms with E-state index in [4.69, 9.17) is 14.2 Å². The van der Waals surface area contributed by atoms with Crippen molar-refractivity contribution in [2.24, 2.45) is 0 Å². The van der Waals surface area contributed by atoms with Crippen molar-refractivity contribution in [3.63, 3.8) is 0 Å². The van der Waals surface area contributed by atoms with Crippen molar-refractivity contribution in [2.45, 2.75) is 26.5 Å². The van der Waals surface area contributed by atoms with Gasteiger partial charge in [-0.25, -0.2) is 0 Å². The number of hydrogen-bond acceptors (Lipinski definition) is 5. The fourth-order valence-corrected chi connectivity index (χ4v) is 3.83. The summed E-state index contributed by atoms with van der Waals surface area (Å²) in [5.74, 6) is 1.42. The Morgan fingerprint density at radius 1 is 1.09 bits per heavy atom. The molecule has 180 valence electrons. The van der Waals surface area contributed by atoms with Crippen molar-refractivity contribution < 1.29 is 23.8 Å². The first-order valence-electron chi connectivity index (χ1n) is 11.4. The Balaban J connectivity index is 1.50. The van der Waals surface area contributed by atoms with E-state index in [1.54, 1.807) is 49.3 Å². The maximum Gasteiger partial charge on any atom is 0.268 e. The fraction of sp³-hybridized carbons (Fsp3) is 0.214. The van der Waals surface area contributed by atoms with Crippen LogP contribution < -0.4 is 24.4 Å². The first kappa shape index (κ1) is 23.9. The molecule has 4 rings (SSSR count). The molecule has 1 heterocycles. The molecule has 3 aromatic rings. The summed E-state index contributed by atoms with van der Waals surface area (Å²) in [5, 5.41) is 2.86. The summed E-state index contributed by atoms with van der Waals surface area (Å²) in [6, 6.07) is 20.5. The average molecular weight is 473 g/mol. The molecule has 1 unspecified atom stereocenters. The molecule has 7 heteroatoms. The van der Waals surface area contributed by atoms with Crippen molar-refractivity contribution in [3.8, 4) is 17.2 Å². The van der Waals surface area contributed by atoms with E-state index in [1.165, 1.54) is 6.08 Å². The summed E-state index contributed by atoms with van der Waals surface area (Å²) in [4.78, 5) is 27.2. The Labute approximate surface area is 204 Å². The lowest BCUT2D eigenvalue weighted by molar-refractivity contribution is -0.125. The van der Waals surface area contributed by atoms with E-state index < -0.39 is 6.10 Å². The lowest BCUT2D eigenvalue weighted by Crippen LogP contribution is -2.44. The van der Waals surface area contributed by atoms with E-state index >= 15 is 0 Å². The average Bonchev–Trinajstić information content (AvgIpc) is 2.87. The lowest BCUT2D eigenvalue weighted by Gasteiger charge is -2.33. The van der Waals surface area contributed by atoms with Crippen LogP contribution in [0.5, 0.6) is 17.2 Å². The number of nitrogens with zero attached hydrogens (tertiary/aromatic N) is 1. The lowest BCUT2D eigenvalue weighted by atomic mass is 10.1. The number of methoxy groups -OCH3 is 1. The van der Waals surface area contributed by atoms with Crippen molar-refractivity contribution >= 4 is 29.3 Å². The summed E-state index contributed by atoms with van der Waals surface area (Å²) in [7, 11) is 1.57. The van der Waals surface area contributed by atoms with Gasteiger partial charge in [0, 0.05) is 11.8 Å². The highest BCUT2D eigenvalue weighted by atomic mass is 16.5. The second-order valence-corrected chi connectivity index (χ2v) is 8.02. The van der Waals surface area contributed by atoms with Gasteiger partial charge < -0.3 is 24.4 Å². The molecule has 0 aromatic heterocycles. The number of rotatable bonds is 8. The zero-order chi connectivity index (χ0) is 24.8. The minimum Gasteiger partial charge on any atom is -0.493 e. The molecule has 0 saturated carbocycles. The molecule has 0 aliphatic carbocycles. The topological polar surface area (TPSA) is 77.1 Å². The highest BCUT2D eigenvalue weighted by Crippen LogP contribution is 2.37. The number of nitrogens with one attached hydrogen (secondary N) is 1. The summed E-state index contributed by atoms with van der Waals surface area (Å²) in [6.45, 7) is 4.59. The number of amides is 2. The molecule has 0 fully saturated rings. The third-order valence-electron chi connectivity index (χ3n) is 5.53. The van der Waals surface area contributed by atoms with Gasteiger partial charge in [0.25, 0.3) is 5.91 Å². The fourth-order valence-electron chi connectivity index (χ4n) is 3.83. The van der Waals surface area contributed by atoms with Gasteiger partial charge in [-0.3, -0.25) is 9.59 Å². The summed E-state index contributed by atoms with van der Waals surface area (Å²) < 4.78 is 16.7. The molecule has 0 saturated heterocycles. The van der Waals surface area contributed by atoms with Crippen LogP contribution in [0, 0.1) is 0 Å². The van der Waals surface area contributed by atoms with Crippen LogP contribution >= 0.6 is 0 Å². The molecule has 7 nitrogen and oxygen atoms in total. The largest absolute Gasteiger partial charge is 0.493 e. The zero-order valence-corrected chi connectivity index (χ0v) is 20.0. The summed E-state index contributed by atoms with van der Waals surface area (Å²) in [6.07, 6.45) is 2.56. The molecule has 1 N–H and O–H groups in total. The van der Waals surface area contributed by atoms with Gasteiger partial charge in [-0.05, 0) is 61.4 Å². The van der Waals surface area contributed by atoms with Gasteiger partial charge in [-0.1, -0.05) is 36.4 Å². The minimum atomic E-state index is -0.583. The zero-order valence-electron chi connectivity index (χ0n) is 20.0. The van der Waals surface area contributed by atoms with E-state index in [9.17, 15) is 9.59 Å². The Hall–Kier alpha value is -4.26. The summed E-state index contributed by atoms with van der Waals surface area (Å²) >= 11 is 0. The Morgan fingerprint density at radius 3 is 2.63 bits per heavy atom. The molecule has 1 aliphatic rings. The van der Waals surface area contributed by atoms with Gasteiger partial charge in [0.2, 0.25) is 5.91 Å². The van der Waals surface area contributed by atoms with Crippen molar-refractivity contribution in [3.05, 3.63) is 83.9 Å². The van der Waals surface area contributed by atoms with Crippen LogP contribution in [0.1, 0.15) is 25.0 Å². The first-order valence-corrected chi connectivity index (χ1v) is 11.4. The van der Waals surface area contributed by atoms with Gasteiger partial charge in [0.15, 0.2) is 17.6 Å². The molecule has 0 spiro atoms. The molecule has 1 aliphatic heterocycles. The van der Waals surface area contributed by atoms with Crippen LogP contribution in [0.4, 0.5) is 11.4 Å². The van der Waals surface area contributed by atoms with Crippen molar-refractivity contribution in [1.82, 2.24) is 0 Å². The Morgan fingerprint density at radius 2 is 1.89 bits per heavy atom. The summed E-state index contributed by atoms with van der Waals surface area (Å²) in [5.41, 5.74) is 2.98. The molecule has 0 radical (unpaired) electrons. The predicted molar refractivity (Wildman–Crippen MR) is 136 cm³/mol. The quantitative estimate of drug-likeness (QED) is 0.464. The smallest absolute Gasteiger partial charge is 0.268 e. The number of fused-ring (bicyclic) bond motifs is 1. The van der Waals surface area contributed by atoms with Gasteiger partial charge in [0.1, 0.15) is 5.75 Å². The van der Waals surface area contributed by atoms with Gasteiger partial charge in [-0.15, -0.1) is 0 Å². The van der Waals surface area contributed by atoms with Crippen LogP contribution in [-0.4, -0.2) is 31.6 Å². The van der Waals surface area contributed by atoms with Gasteiger partial charge in [0.05, 0.1) is 25.9 Å². The number of benzene rings is 3. The maximum atomic E-state index is 12.9. The number of ether oxygens (including phenoxy) is 3. The molecular formula is C28H28N2O5. The van der Waals surface area contributed by atoms with E-state index in [0.29, 0.717) is 41.8 Å². The van der Waals surface area contributed by atoms with Crippen LogP contribution in [0.3, 0.4) is 0 Å². The normalized spacial score (nSPS) is 14.9. The minimum absolute atomic E-state index is 0.130. The standard InChI is InChI=1S/C28H28N2O5/c1-4-34-25-13-10-20(16-26(25)33-3)11-15-27(31)29-22-12-14-24-23(17-22)30(28(32)19(2)35-24)18-21-8-6-5-7-9-21/h5-17,19H,4,18H2,1-3H3,(H,29,31)/b15-11+. The maximum absolute atomic E-state index is 12.9. The predicted octanol–water partition coefficient (Wildman–Crippen LogP) is 5.06. The molecule has 0 bridgehead atoms. The van der Waals surface area contributed by atoms with E-state index in [0.717, 1.165) is 11.1 Å². The molecule has 2 amide bonds. The van der Waals surface area contributed by atoms with Crippen LogP contribution in [-0.2, 0) is 16.1 Å². The second kappa shape index (κ2) is 10.8. The van der Waals surface area contributed by atoms with Gasteiger partial charge in [-0.2, -0.15) is 0 Å². The van der Waals surface area contributed by atoms with Crippen LogP contribution in [0.25, 0.3) is 6.08 Å². The molecule has 1 atom stereocenters. The SMILES string of the molecule is CCOc1ccc(/C=C/C(=O)Nc2ccc3c(c2)N(Cc2ccccc2)C(=O)C(C)O3)cc1OC. The third kappa shape index (κ3) is 5.63. The van der Waals surface area contributed by atoms with Crippen molar-refractivity contribution in [2.75, 3.05) is 23.9 Å². The monoisotopic (exact) mass is 472 g/mol. The third-order valence-corrected chi connectivity index (χ3v) is 5.53. The van der Waals surface area contributed by atoms with Gasteiger partial charge >= 0.3 is 0 Å². The van der Waals surface area contributed by atoms with Crippen LogP contribution in [0.15, 0.2) is 72.8 Å². The number of anilines is 2.